The van der Waals surface area contributed by atoms with Crippen molar-refractivity contribution >= 4 is 11.8 Å². The summed E-state index contributed by atoms with van der Waals surface area (Å²) in [7, 11) is 10.4. The van der Waals surface area contributed by atoms with Crippen LogP contribution in [0, 0.1) is 0 Å². The van der Waals surface area contributed by atoms with Crippen molar-refractivity contribution in [3.8, 4) is 0 Å². The number of hydrogen-bond donors (Lipinski definition) is 2. The smallest absolute Gasteiger partial charge is 0.246 e. The van der Waals surface area contributed by atoms with E-state index in [0.717, 1.165) is 43.5 Å². The van der Waals surface area contributed by atoms with Crippen molar-refractivity contribution in [2.45, 2.75) is 19.8 Å². The van der Waals surface area contributed by atoms with Crippen LogP contribution in [0.2, 0.25) is 0 Å². The molecule has 0 unspecified atom stereocenters. The van der Waals surface area contributed by atoms with Crippen LogP contribution in [0.5, 0.6) is 0 Å². The number of nitrogens with one attached hydrogen (secondary N) is 2. The molecule has 2 N–H and O–H groups in total. The molecule has 0 aromatic rings. The van der Waals surface area contributed by atoms with Crippen LogP contribution in [-0.4, -0.2) is 82.6 Å². The van der Waals surface area contributed by atoms with Crippen molar-refractivity contribution in [2.24, 2.45) is 0 Å². The van der Waals surface area contributed by atoms with Gasteiger partial charge in [-0.3, -0.25) is 9.59 Å². The second-order valence-corrected chi connectivity index (χ2v) is 7.06. The van der Waals surface area contributed by atoms with Gasteiger partial charge in [0.05, 0.1) is 27.7 Å². The summed E-state index contributed by atoms with van der Waals surface area (Å²) in [6, 6.07) is 0. The van der Waals surface area contributed by atoms with Crippen molar-refractivity contribution in [1.82, 2.24) is 15.5 Å². The van der Waals surface area contributed by atoms with Gasteiger partial charge in [-0.05, 0) is 40.1 Å². The van der Waals surface area contributed by atoms with E-state index in [9.17, 15) is 9.59 Å². The first kappa shape index (κ1) is 24.6. The fraction of sp³-hybridized carbons (Fsp3) is 0.667. The van der Waals surface area contributed by atoms with Gasteiger partial charge in [-0.1, -0.05) is 13.2 Å². The Balaban J connectivity index is 0. The van der Waals surface area contributed by atoms with Gasteiger partial charge in [0.15, 0.2) is 0 Å². The maximum Gasteiger partial charge on any atom is 0.246 e. The summed E-state index contributed by atoms with van der Waals surface area (Å²) in [6.07, 6.45) is 3.28. The van der Waals surface area contributed by atoms with E-state index in [2.05, 4.69) is 49.8 Å². The summed E-state index contributed by atoms with van der Waals surface area (Å²) < 4.78 is 0.934. The lowest BCUT2D eigenvalue weighted by Crippen LogP contribution is -2.37. The first-order chi connectivity index (χ1) is 11.0. The van der Waals surface area contributed by atoms with Crippen LogP contribution in [0.25, 0.3) is 0 Å². The third-order valence-electron chi connectivity index (χ3n) is 2.95. The van der Waals surface area contributed by atoms with E-state index in [4.69, 9.17) is 0 Å². The van der Waals surface area contributed by atoms with Crippen LogP contribution in [0.1, 0.15) is 19.8 Å². The third-order valence-corrected chi connectivity index (χ3v) is 2.95. The molecule has 0 rings (SSSR count). The molecule has 0 aromatic heterocycles. The van der Waals surface area contributed by atoms with Gasteiger partial charge in [-0.15, -0.1) is 0 Å². The highest BCUT2D eigenvalue weighted by molar-refractivity contribution is 5.92. The summed E-state index contributed by atoms with van der Waals surface area (Å²) in [5.74, 6) is -0.134. The minimum atomic E-state index is -0.0867. The van der Waals surface area contributed by atoms with Crippen molar-refractivity contribution in [1.29, 1.82) is 0 Å². The van der Waals surface area contributed by atoms with Crippen LogP contribution in [0.3, 0.4) is 0 Å². The van der Waals surface area contributed by atoms with Gasteiger partial charge in [0.25, 0.3) is 0 Å². The standard InChI is InChI=1S/2C9H18N2O/c1-8(2)9(12)10-6-5-7-11(3)4;1-5-9(12)10-7-6-8-11(2,3)4/h1,5-7H2,2-4H3,(H,10,12);5H,1,6-8H2,2-4H3/p+1. The minimum absolute atomic E-state index is 0.0474. The average Bonchev–Trinajstić information content (AvgIpc) is 2.47. The van der Waals surface area contributed by atoms with E-state index in [1.165, 1.54) is 6.08 Å². The highest BCUT2D eigenvalue weighted by Crippen LogP contribution is 1.91. The number of nitrogens with zero attached hydrogens (tertiary/aromatic N) is 2. The molecule has 0 saturated carbocycles. The zero-order chi connectivity index (χ0) is 19.2. The average molecular weight is 342 g/mol. The number of amides is 2. The second kappa shape index (κ2) is 13.7. The Morgan fingerprint density at radius 1 is 1.08 bits per heavy atom. The summed E-state index contributed by atoms with van der Waals surface area (Å²) in [6.45, 7) is 12.2. The van der Waals surface area contributed by atoms with Crippen molar-refractivity contribution < 1.29 is 14.1 Å². The molecule has 6 nitrogen and oxygen atoms in total. The lowest BCUT2D eigenvalue weighted by Gasteiger charge is -2.23. The van der Waals surface area contributed by atoms with Crippen molar-refractivity contribution in [2.75, 3.05) is 61.4 Å². The maximum atomic E-state index is 11.0. The first-order valence-electron chi connectivity index (χ1n) is 8.28. The van der Waals surface area contributed by atoms with Crippen LogP contribution < -0.4 is 10.6 Å². The maximum absolute atomic E-state index is 11.0. The molecule has 0 heterocycles. The van der Waals surface area contributed by atoms with Crippen LogP contribution in [0.15, 0.2) is 24.8 Å². The molecule has 0 bridgehead atoms. The number of carbonyl (C=O) groups is 2. The molecule has 0 aliphatic heterocycles. The van der Waals surface area contributed by atoms with E-state index >= 15 is 0 Å². The summed E-state index contributed by atoms with van der Waals surface area (Å²) in [5.41, 5.74) is 0.569. The molecule has 0 spiro atoms. The summed E-state index contributed by atoms with van der Waals surface area (Å²) in [4.78, 5) is 23.8. The van der Waals surface area contributed by atoms with Gasteiger partial charge in [0, 0.05) is 25.1 Å². The molecular weight excluding hydrogens is 304 g/mol. The van der Waals surface area contributed by atoms with Gasteiger partial charge < -0.3 is 20.0 Å². The van der Waals surface area contributed by atoms with E-state index in [0.29, 0.717) is 5.57 Å². The normalized spacial score (nSPS) is 10.5. The predicted molar refractivity (Wildman–Crippen MR) is 102 cm³/mol. The molecule has 2 amide bonds. The largest absolute Gasteiger partial charge is 0.352 e. The monoisotopic (exact) mass is 341 g/mol. The Kier molecular flexibility index (Phi) is 14.1. The van der Waals surface area contributed by atoms with Gasteiger partial charge in [0.1, 0.15) is 0 Å². The number of quaternary nitrogens is 1. The lowest BCUT2D eigenvalue weighted by molar-refractivity contribution is -0.870. The zero-order valence-corrected chi connectivity index (χ0v) is 16.4. The molecule has 24 heavy (non-hydrogen) atoms. The molecule has 0 aromatic carbocycles. The molecule has 0 aliphatic rings. The number of rotatable bonds is 10. The van der Waals surface area contributed by atoms with Gasteiger partial charge in [0.2, 0.25) is 11.8 Å². The van der Waals surface area contributed by atoms with Crippen molar-refractivity contribution in [3.05, 3.63) is 24.8 Å². The fourth-order valence-corrected chi connectivity index (χ4v) is 1.59. The van der Waals surface area contributed by atoms with Gasteiger partial charge in [-0.2, -0.15) is 0 Å². The number of hydrogen-bond acceptors (Lipinski definition) is 3. The molecule has 0 radical (unpaired) electrons. The molecule has 0 atom stereocenters. The minimum Gasteiger partial charge on any atom is -0.352 e. The Bertz CT molecular complexity index is 398. The van der Waals surface area contributed by atoms with E-state index < -0.39 is 0 Å². The molecule has 0 fully saturated rings. The van der Waals surface area contributed by atoms with Gasteiger partial charge >= 0.3 is 0 Å². The molecule has 0 aliphatic carbocycles. The Morgan fingerprint density at radius 2 is 1.62 bits per heavy atom. The van der Waals surface area contributed by atoms with E-state index in [1.54, 1.807) is 6.92 Å². The topological polar surface area (TPSA) is 61.4 Å². The van der Waals surface area contributed by atoms with Crippen LogP contribution in [0.4, 0.5) is 0 Å². The highest BCUT2D eigenvalue weighted by atomic mass is 16.2. The third kappa shape index (κ3) is 20.3. The quantitative estimate of drug-likeness (QED) is 0.354. The predicted octanol–water partition coefficient (Wildman–Crippen LogP) is 1.02. The van der Waals surface area contributed by atoms with Crippen molar-refractivity contribution in [3.63, 3.8) is 0 Å². The summed E-state index contributed by atoms with van der Waals surface area (Å²) >= 11 is 0. The van der Waals surface area contributed by atoms with E-state index in [-0.39, 0.29) is 11.8 Å². The SMILES string of the molecule is C=C(C)C(=O)NCCCN(C)C.C=CC(=O)NCCC[N+](C)(C)C. The van der Waals surface area contributed by atoms with Crippen LogP contribution >= 0.6 is 0 Å². The highest BCUT2D eigenvalue weighted by Gasteiger charge is 2.05. The van der Waals surface area contributed by atoms with Gasteiger partial charge in [-0.25, -0.2) is 0 Å². The second-order valence-electron chi connectivity index (χ2n) is 7.06. The fourth-order valence-electron chi connectivity index (χ4n) is 1.59. The molecule has 140 valence electrons. The number of carbonyl (C=O) groups excluding carboxylic acids is 2. The lowest BCUT2D eigenvalue weighted by atomic mass is 10.3. The Hall–Kier alpha value is -1.66. The Morgan fingerprint density at radius 3 is 2.04 bits per heavy atom. The van der Waals surface area contributed by atoms with Crippen LogP contribution in [-0.2, 0) is 9.59 Å². The van der Waals surface area contributed by atoms with E-state index in [1.807, 2.05) is 14.1 Å². The Labute approximate surface area is 148 Å². The molecule has 6 heteroatoms. The first-order valence-corrected chi connectivity index (χ1v) is 8.28. The summed E-state index contributed by atoms with van der Waals surface area (Å²) in [5, 5.41) is 5.51. The zero-order valence-electron chi connectivity index (χ0n) is 16.4. The molecule has 0 saturated heterocycles. The molecular formula is C18H37N4O2+.